The first-order valence-corrected chi connectivity index (χ1v) is 7.19. The molecule has 0 radical (unpaired) electrons. The molecule has 1 saturated carbocycles. The molecule has 1 aliphatic carbocycles. The Morgan fingerprint density at radius 3 is 2.35 bits per heavy atom. The fraction of sp³-hybridized carbons (Fsp3) is 0.625. The number of benzene rings is 1. The smallest absolute Gasteiger partial charge is 0.124 e. The normalized spacial score (nSPS) is 20.2. The fourth-order valence-electron chi connectivity index (χ4n) is 3.12. The Labute approximate surface area is 119 Å². The summed E-state index contributed by atoms with van der Waals surface area (Å²) in [6, 6.07) is 4.23. The van der Waals surface area contributed by atoms with E-state index in [1.807, 2.05) is 0 Å². The molecule has 1 unspecified atom stereocenters. The molecule has 3 nitrogen and oxygen atoms in total. The average Bonchev–Trinajstić information content (AvgIpc) is 2.72. The zero-order chi connectivity index (χ0) is 14.6. The summed E-state index contributed by atoms with van der Waals surface area (Å²) in [6.45, 7) is 0. The van der Waals surface area contributed by atoms with Crippen molar-refractivity contribution in [2.75, 3.05) is 14.2 Å². The van der Waals surface area contributed by atoms with Gasteiger partial charge in [0, 0.05) is 12.7 Å². The topological polar surface area (TPSA) is 38.7 Å². The lowest BCUT2D eigenvalue weighted by molar-refractivity contribution is -0.114. The number of methoxy groups -OCH3 is 2. The van der Waals surface area contributed by atoms with Gasteiger partial charge in [-0.05, 0) is 31.0 Å². The van der Waals surface area contributed by atoms with Gasteiger partial charge in [-0.15, -0.1) is 0 Å². The molecule has 0 heterocycles. The van der Waals surface area contributed by atoms with Crippen molar-refractivity contribution >= 4 is 0 Å². The van der Waals surface area contributed by atoms with Crippen LogP contribution < -0.4 is 4.74 Å². The van der Waals surface area contributed by atoms with Crippen molar-refractivity contribution in [3.05, 3.63) is 29.6 Å². The van der Waals surface area contributed by atoms with Crippen molar-refractivity contribution in [3.63, 3.8) is 0 Å². The van der Waals surface area contributed by atoms with Gasteiger partial charge in [-0.25, -0.2) is 4.39 Å². The van der Waals surface area contributed by atoms with Gasteiger partial charge in [0.25, 0.3) is 0 Å². The Balaban J connectivity index is 2.36. The minimum Gasteiger partial charge on any atom is -0.496 e. The molecule has 0 aromatic heterocycles. The highest BCUT2D eigenvalue weighted by atomic mass is 19.1. The molecule has 1 aromatic carbocycles. The molecule has 4 heteroatoms. The van der Waals surface area contributed by atoms with Crippen LogP contribution in [0, 0.1) is 5.82 Å². The van der Waals surface area contributed by atoms with E-state index in [2.05, 4.69) is 0 Å². The third-order valence-electron chi connectivity index (χ3n) is 4.34. The molecule has 0 amide bonds. The van der Waals surface area contributed by atoms with E-state index >= 15 is 0 Å². The molecule has 0 aliphatic heterocycles. The monoisotopic (exact) mass is 282 g/mol. The second-order valence-electron chi connectivity index (χ2n) is 5.47. The third kappa shape index (κ3) is 2.96. The van der Waals surface area contributed by atoms with Crippen molar-refractivity contribution in [2.24, 2.45) is 0 Å². The van der Waals surface area contributed by atoms with E-state index in [-0.39, 0.29) is 5.82 Å². The van der Waals surface area contributed by atoms with Crippen LogP contribution in [0.25, 0.3) is 0 Å². The van der Waals surface area contributed by atoms with Crippen LogP contribution in [0.3, 0.4) is 0 Å². The van der Waals surface area contributed by atoms with Crippen molar-refractivity contribution in [1.82, 2.24) is 0 Å². The van der Waals surface area contributed by atoms with Gasteiger partial charge in [0.05, 0.1) is 12.7 Å². The van der Waals surface area contributed by atoms with Crippen molar-refractivity contribution in [3.8, 4) is 5.75 Å². The second-order valence-corrected chi connectivity index (χ2v) is 5.47. The van der Waals surface area contributed by atoms with E-state index in [9.17, 15) is 9.50 Å². The molecule has 1 aliphatic rings. The molecular weight excluding hydrogens is 259 g/mol. The predicted octanol–water partition coefficient (Wildman–Crippen LogP) is 3.61. The van der Waals surface area contributed by atoms with Gasteiger partial charge in [-0.2, -0.15) is 0 Å². The quantitative estimate of drug-likeness (QED) is 0.857. The van der Waals surface area contributed by atoms with Gasteiger partial charge in [0.2, 0.25) is 0 Å². The summed E-state index contributed by atoms with van der Waals surface area (Å²) in [5.41, 5.74) is -0.173. The van der Waals surface area contributed by atoms with E-state index in [4.69, 9.17) is 9.47 Å². The van der Waals surface area contributed by atoms with Crippen molar-refractivity contribution < 1.29 is 19.0 Å². The molecule has 0 saturated heterocycles. The number of aliphatic hydroxyl groups excluding tert-OH is 1. The van der Waals surface area contributed by atoms with Gasteiger partial charge in [0.15, 0.2) is 0 Å². The molecule has 2 rings (SSSR count). The lowest BCUT2D eigenvalue weighted by atomic mass is 9.84. The van der Waals surface area contributed by atoms with Gasteiger partial charge in [-0.3, -0.25) is 0 Å². The number of ether oxygens (including phenoxy) is 2. The van der Waals surface area contributed by atoms with Crippen LogP contribution in [-0.4, -0.2) is 24.9 Å². The molecule has 1 fully saturated rings. The summed E-state index contributed by atoms with van der Waals surface area (Å²) in [6.07, 6.45) is 5.02. The second kappa shape index (κ2) is 6.55. The van der Waals surface area contributed by atoms with Crippen molar-refractivity contribution in [2.45, 2.75) is 50.2 Å². The van der Waals surface area contributed by atoms with Crippen LogP contribution >= 0.6 is 0 Å². The van der Waals surface area contributed by atoms with Gasteiger partial charge < -0.3 is 14.6 Å². The average molecular weight is 282 g/mol. The highest BCUT2D eigenvalue weighted by molar-refractivity contribution is 5.37. The van der Waals surface area contributed by atoms with E-state index in [1.165, 1.54) is 19.2 Å². The van der Waals surface area contributed by atoms with Crippen LogP contribution in [0.5, 0.6) is 5.75 Å². The van der Waals surface area contributed by atoms with E-state index in [0.717, 1.165) is 38.5 Å². The lowest BCUT2D eigenvalue weighted by Crippen LogP contribution is -2.38. The number of aliphatic hydroxyl groups is 1. The summed E-state index contributed by atoms with van der Waals surface area (Å²) >= 11 is 0. The Hall–Kier alpha value is -1.13. The van der Waals surface area contributed by atoms with Crippen molar-refractivity contribution in [1.29, 1.82) is 0 Å². The number of hydrogen-bond donors (Lipinski definition) is 1. The molecule has 0 spiro atoms. The number of rotatable bonds is 4. The van der Waals surface area contributed by atoms with Crippen LogP contribution in [0.15, 0.2) is 18.2 Å². The summed E-state index contributed by atoms with van der Waals surface area (Å²) in [5.74, 6) is 0.124. The number of halogens is 1. The maximum atomic E-state index is 13.5. The molecule has 0 bridgehead atoms. The highest BCUT2D eigenvalue weighted by Gasteiger charge is 2.40. The van der Waals surface area contributed by atoms with Crippen LogP contribution in [0.2, 0.25) is 0 Å². The highest BCUT2D eigenvalue weighted by Crippen LogP contribution is 2.42. The largest absolute Gasteiger partial charge is 0.496 e. The summed E-state index contributed by atoms with van der Waals surface area (Å²) in [4.78, 5) is 0. The molecule has 20 heavy (non-hydrogen) atoms. The first-order valence-electron chi connectivity index (χ1n) is 7.19. The first-order chi connectivity index (χ1) is 9.63. The lowest BCUT2D eigenvalue weighted by Gasteiger charge is -2.36. The Bertz CT molecular complexity index is 439. The molecule has 112 valence electrons. The van der Waals surface area contributed by atoms with E-state index < -0.39 is 11.7 Å². The minimum absolute atomic E-state index is 0.375. The zero-order valence-corrected chi connectivity index (χ0v) is 12.2. The van der Waals surface area contributed by atoms with Crippen LogP contribution in [0.1, 0.15) is 50.2 Å². The Morgan fingerprint density at radius 1 is 1.15 bits per heavy atom. The van der Waals surface area contributed by atoms with Gasteiger partial charge in [0.1, 0.15) is 17.7 Å². The predicted molar refractivity (Wildman–Crippen MR) is 75.4 cm³/mol. The van der Waals surface area contributed by atoms with Crippen LogP contribution in [0.4, 0.5) is 4.39 Å². The van der Waals surface area contributed by atoms with Gasteiger partial charge >= 0.3 is 0 Å². The van der Waals surface area contributed by atoms with E-state index in [0.29, 0.717) is 11.3 Å². The van der Waals surface area contributed by atoms with Crippen LogP contribution in [-0.2, 0) is 4.74 Å². The SMILES string of the molecule is COc1ccc(F)cc1C(O)C1(OC)CCCCCC1. The zero-order valence-electron chi connectivity index (χ0n) is 12.2. The Morgan fingerprint density at radius 2 is 1.80 bits per heavy atom. The summed E-state index contributed by atoms with van der Waals surface area (Å²) in [5, 5.41) is 10.8. The molecule has 1 atom stereocenters. The molecule has 1 N–H and O–H groups in total. The first kappa shape index (κ1) is 15.3. The summed E-state index contributed by atoms with van der Waals surface area (Å²) in [7, 11) is 3.15. The number of hydrogen-bond acceptors (Lipinski definition) is 3. The Kier molecular flexibility index (Phi) is 5.00. The van der Waals surface area contributed by atoms with Gasteiger partial charge in [-0.1, -0.05) is 25.7 Å². The molecular formula is C16H23FO3. The minimum atomic E-state index is -0.878. The van der Waals surface area contributed by atoms with E-state index in [1.54, 1.807) is 13.2 Å². The standard InChI is InChI=1S/C16H23FO3/c1-19-14-8-7-12(17)11-13(14)15(18)16(20-2)9-5-3-4-6-10-16/h7-8,11,15,18H,3-6,9-10H2,1-2H3. The third-order valence-corrected chi connectivity index (χ3v) is 4.34. The fourth-order valence-corrected chi connectivity index (χ4v) is 3.12. The molecule has 1 aromatic rings. The maximum Gasteiger partial charge on any atom is 0.124 e. The summed E-state index contributed by atoms with van der Waals surface area (Å²) < 4.78 is 24.4. The maximum absolute atomic E-state index is 13.5.